The molecule has 3 aromatic carbocycles. The van der Waals surface area contributed by atoms with Gasteiger partial charge in [-0.2, -0.15) is 0 Å². The average Bonchev–Trinajstić information content (AvgIpc) is 2.91. The van der Waals surface area contributed by atoms with E-state index in [-0.39, 0.29) is 13.0 Å². The normalized spacial score (nSPS) is 13.4. The Bertz CT molecular complexity index is 1240. The Morgan fingerprint density at radius 3 is 1.90 bits per heavy atom. The van der Waals surface area contributed by atoms with Crippen molar-refractivity contribution in [3.63, 3.8) is 0 Å². The smallest absolute Gasteiger partial charge is 0.410 e. The van der Waals surface area contributed by atoms with E-state index in [0.29, 0.717) is 30.1 Å². The summed E-state index contributed by atoms with van der Waals surface area (Å²) in [6.45, 7) is 9.23. The van der Waals surface area contributed by atoms with Crippen molar-refractivity contribution in [2.24, 2.45) is 0 Å². The fourth-order valence-electron chi connectivity index (χ4n) is 3.66. The van der Waals surface area contributed by atoms with Crippen molar-refractivity contribution in [3.05, 3.63) is 95.6 Å². The minimum Gasteiger partial charge on any atom is -0.485 e. The number of carbonyl (C=O) groups excluding carboxylic acids is 2. The fourth-order valence-corrected chi connectivity index (χ4v) is 3.66. The number of ether oxygens (including phenoxy) is 4. The van der Waals surface area contributed by atoms with Crippen molar-refractivity contribution in [2.45, 2.75) is 78.1 Å². The number of nitrogens with one attached hydrogen (secondary N) is 1. The molecule has 8 heteroatoms. The quantitative estimate of drug-likeness (QED) is 0.213. The number of amides is 1. The number of benzene rings is 3. The van der Waals surface area contributed by atoms with Crippen LogP contribution in [0.3, 0.4) is 0 Å². The van der Waals surface area contributed by atoms with Gasteiger partial charge in [-0.25, -0.2) is 9.59 Å². The van der Waals surface area contributed by atoms with Gasteiger partial charge in [0.2, 0.25) is 5.72 Å². The molecule has 0 aliphatic heterocycles. The van der Waals surface area contributed by atoms with E-state index in [9.17, 15) is 14.7 Å². The summed E-state index contributed by atoms with van der Waals surface area (Å²) in [5.41, 5.74) is -0.752. The molecule has 0 bridgehead atoms. The molecular formula is C32H39NO7. The van der Waals surface area contributed by atoms with Crippen LogP contribution in [-0.4, -0.2) is 34.6 Å². The van der Waals surface area contributed by atoms with Crippen LogP contribution in [0.2, 0.25) is 0 Å². The lowest BCUT2D eigenvalue weighted by Gasteiger charge is -2.30. The highest BCUT2D eigenvalue weighted by atomic mass is 16.6. The first-order chi connectivity index (χ1) is 19.0. The Morgan fingerprint density at radius 1 is 0.825 bits per heavy atom. The fraction of sp³-hybridized carbons (Fsp3) is 0.375. The van der Waals surface area contributed by atoms with Gasteiger partial charge in [-0.1, -0.05) is 73.7 Å². The maximum atomic E-state index is 13.1. The zero-order valence-corrected chi connectivity index (χ0v) is 23.8. The Hall–Kier alpha value is -4.04. The van der Waals surface area contributed by atoms with Crippen LogP contribution in [0.25, 0.3) is 0 Å². The van der Waals surface area contributed by atoms with Crippen LogP contribution >= 0.6 is 0 Å². The predicted octanol–water partition coefficient (Wildman–Crippen LogP) is 5.94. The molecule has 0 aliphatic rings. The first kappa shape index (κ1) is 30.5. The Labute approximate surface area is 236 Å². The molecule has 0 fully saturated rings. The number of aliphatic hydroxyl groups is 1. The summed E-state index contributed by atoms with van der Waals surface area (Å²) < 4.78 is 22.9. The minimum atomic E-state index is -2.38. The first-order valence-corrected chi connectivity index (χ1v) is 13.4. The van der Waals surface area contributed by atoms with Crippen molar-refractivity contribution in [3.8, 4) is 11.5 Å². The third kappa shape index (κ3) is 9.61. The number of rotatable bonds is 12. The van der Waals surface area contributed by atoms with Gasteiger partial charge in [0.25, 0.3) is 0 Å². The summed E-state index contributed by atoms with van der Waals surface area (Å²) in [6, 6.07) is 24.5. The molecule has 8 nitrogen and oxygen atoms in total. The summed E-state index contributed by atoms with van der Waals surface area (Å²) in [5.74, 6) is -0.0644. The van der Waals surface area contributed by atoms with Gasteiger partial charge in [-0.15, -0.1) is 0 Å². The third-order valence-electron chi connectivity index (χ3n) is 5.87. The molecule has 2 atom stereocenters. The van der Waals surface area contributed by atoms with Gasteiger partial charge < -0.3 is 24.1 Å². The molecule has 1 unspecified atom stereocenters. The van der Waals surface area contributed by atoms with Gasteiger partial charge in [0.05, 0.1) is 6.10 Å². The van der Waals surface area contributed by atoms with Gasteiger partial charge in [-0.05, 0) is 62.9 Å². The Kier molecular flexibility index (Phi) is 10.6. The summed E-state index contributed by atoms with van der Waals surface area (Å²) in [6.07, 6.45) is -1.15. The maximum Gasteiger partial charge on any atom is 0.410 e. The molecule has 0 radical (unpaired) electrons. The summed E-state index contributed by atoms with van der Waals surface area (Å²) in [4.78, 5) is 25.6. The summed E-state index contributed by atoms with van der Waals surface area (Å²) in [5, 5.41) is 13.7. The van der Waals surface area contributed by atoms with Crippen LogP contribution in [0.4, 0.5) is 4.79 Å². The van der Waals surface area contributed by atoms with E-state index in [1.807, 2.05) is 67.6 Å². The standard InChI is InChI=1S/C32H39NO7/c1-6-23(2)39-29(34)32(36,33-30(35)40-31(3,4)5)20-26-17-18-27(37-21-24-13-9-7-10-14-24)28(19-26)38-22-25-15-11-8-12-16-25/h7-19,23,36H,6,20-22H2,1-5H3,(H,33,35)/t23?,32-/m0/s1. The molecule has 40 heavy (non-hydrogen) atoms. The highest BCUT2D eigenvalue weighted by Crippen LogP contribution is 2.31. The van der Waals surface area contributed by atoms with Crippen LogP contribution in [-0.2, 0) is 33.9 Å². The number of hydrogen-bond donors (Lipinski definition) is 2. The van der Waals surface area contributed by atoms with Crippen LogP contribution in [0, 0.1) is 0 Å². The molecular weight excluding hydrogens is 510 g/mol. The molecule has 1 amide bonds. The van der Waals surface area contributed by atoms with E-state index >= 15 is 0 Å². The minimum absolute atomic E-state index is 0.280. The van der Waals surface area contributed by atoms with E-state index in [2.05, 4.69) is 5.32 Å². The third-order valence-corrected chi connectivity index (χ3v) is 5.87. The Morgan fingerprint density at radius 2 is 1.38 bits per heavy atom. The van der Waals surface area contributed by atoms with E-state index in [1.165, 1.54) is 0 Å². The molecule has 0 spiro atoms. The van der Waals surface area contributed by atoms with Gasteiger partial charge >= 0.3 is 12.1 Å². The lowest BCUT2D eigenvalue weighted by atomic mass is 10.0. The molecule has 3 aromatic rings. The van der Waals surface area contributed by atoms with Gasteiger partial charge in [0, 0.05) is 6.42 Å². The summed E-state index contributed by atoms with van der Waals surface area (Å²) in [7, 11) is 0. The average molecular weight is 550 g/mol. The zero-order chi connectivity index (χ0) is 29.2. The topological polar surface area (TPSA) is 103 Å². The number of alkyl carbamates (subject to hydrolysis) is 1. The highest BCUT2D eigenvalue weighted by Gasteiger charge is 2.42. The SMILES string of the molecule is CCC(C)OC(=O)[C@@](O)(Cc1ccc(OCc2ccccc2)c(OCc2ccccc2)c1)NC(=O)OC(C)(C)C. The van der Waals surface area contributed by atoms with E-state index in [4.69, 9.17) is 18.9 Å². The molecule has 214 valence electrons. The lowest BCUT2D eigenvalue weighted by molar-refractivity contribution is -0.173. The molecule has 0 saturated carbocycles. The molecule has 3 rings (SSSR count). The zero-order valence-electron chi connectivity index (χ0n) is 23.8. The van der Waals surface area contributed by atoms with Crippen LogP contribution in [0.15, 0.2) is 78.9 Å². The van der Waals surface area contributed by atoms with Crippen molar-refractivity contribution in [1.29, 1.82) is 0 Å². The van der Waals surface area contributed by atoms with Crippen molar-refractivity contribution in [2.75, 3.05) is 0 Å². The van der Waals surface area contributed by atoms with E-state index in [0.717, 1.165) is 11.1 Å². The molecule has 0 aliphatic carbocycles. The van der Waals surface area contributed by atoms with Crippen LogP contribution < -0.4 is 14.8 Å². The van der Waals surface area contributed by atoms with Crippen molar-refractivity contribution in [1.82, 2.24) is 5.32 Å². The maximum absolute atomic E-state index is 13.1. The largest absolute Gasteiger partial charge is 0.485 e. The molecule has 0 aromatic heterocycles. The van der Waals surface area contributed by atoms with Gasteiger partial charge in [0.15, 0.2) is 11.5 Å². The Balaban J connectivity index is 1.88. The number of hydrogen-bond acceptors (Lipinski definition) is 7. The second-order valence-corrected chi connectivity index (χ2v) is 10.6. The van der Waals surface area contributed by atoms with Crippen LogP contribution in [0.5, 0.6) is 11.5 Å². The predicted molar refractivity (Wildman–Crippen MR) is 152 cm³/mol. The van der Waals surface area contributed by atoms with E-state index in [1.54, 1.807) is 45.9 Å². The second kappa shape index (κ2) is 13.8. The molecule has 0 saturated heterocycles. The molecule has 0 heterocycles. The van der Waals surface area contributed by atoms with Crippen molar-refractivity contribution < 1.29 is 33.6 Å². The van der Waals surface area contributed by atoms with E-state index < -0.39 is 29.5 Å². The van der Waals surface area contributed by atoms with Crippen molar-refractivity contribution >= 4 is 12.1 Å². The summed E-state index contributed by atoms with van der Waals surface area (Å²) >= 11 is 0. The van der Waals surface area contributed by atoms with Gasteiger partial charge in [-0.3, -0.25) is 5.32 Å². The number of carbonyl (C=O) groups is 2. The highest BCUT2D eigenvalue weighted by molar-refractivity contribution is 5.84. The van der Waals surface area contributed by atoms with Gasteiger partial charge in [0.1, 0.15) is 18.8 Å². The monoisotopic (exact) mass is 549 g/mol. The lowest BCUT2D eigenvalue weighted by Crippen LogP contribution is -2.58. The van der Waals surface area contributed by atoms with Crippen LogP contribution in [0.1, 0.15) is 57.7 Å². The first-order valence-electron chi connectivity index (χ1n) is 13.4. The number of esters is 1. The second-order valence-electron chi connectivity index (χ2n) is 10.6. The molecule has 2 N–H and O–H groups in total.